The Morgan fingerprint density at radius 1 is 1.21 bits per heavy atom. The summed E-state index contributed by atoms with van der Waals surface area (Å²) in [5.41, 5.74) is 0.105. The number of furan rings is 1. The van der Waals surface area contributed by atoms with Crippen LogP contribution in [-0.4, -0.2) is 30.6 Å². The third-order valence-corrected chi connectivity index (χ3v) is 5.28. The fourth-order valence-corrected chi connectivity index (χ4v) is 3.67. The number of amides is 2. The summed E-state index contributed by atoms with van der Waals surface area (Å²) in [5.74, 6) is 2.17. The molecule has 2 heterocycles. The van der Waals surface area contributed by atoms with Crippen LogP contribution >= 0.6 is 0 Å². The number of para-hydroxylation sites is 1. The van der Waals surface area contributed by atoms with E-state index in [1.54, 1.807) is 0 Å². The normalized spacial score (nSPS) is 16.0. The zero-order valence-corrected chi connectivity index (χ0v) is 16.6. The molecule has 1 saturated heterocycles. The zero-order chi connectivity index (χ0) is 21.0. The number of rotatable bonds is 5. The minimum atomic E-state index is -4.51. The molecule has 1 aromatic heterocycles. The van der Waals surface area contributed by atoms with Crippen molar-refractivity contribution in [3.05, 3.63) is 53.0 Å². The molecule has 1 aliphatic rings. The summed E-state index contributed by atoms with van der Waals surface area (Å²) in [6.45, 7) is 7.01. The molecule has 1 aromatic carbocycles. The number of nitrogens with one attached hydrogen (secondary N) is 2. The van der Waals surface area contributed by atoms with Crippen LogP contribution in [0.25, 0.3) is 0 Å². The van der Waals surface area contributed by atoms with Crippen LogP contribution in [0, 0.1) is 19.8 Å². The van der Waals surface area contributed by atoms with E-state index in [1.807, 2.05) is 13.8 Å². The largest absolute Gasteiger partial charge is 0.466 e. The van der Waals surface area contributed by atoms with Crippen LogP contribution < -0.4 is 10.6 Å². The van der Waals surface area contributed by atoms with Crippen LogP contribution in [0.4, 0.5) is 23.7 Å². The van der Waals surface area contributed by atoms with Crippen LogP contribution in [0.5, 0.6) is 0 Å². The molecule has 5 nitrogen and oxygen atoms in total. The Morgan fingerprint density at radius 2 is 1.90 bits per heavy atom. The van der Waals surface area contributed by atoms with E-state index in [9.17, 15) is 18.0 Å². The minimum absolute atomic E-state index is 0.238. The molecule has 0 radical (unpaired) electrons. The lowest BCUT2D eigenvalue weighted by atomic mass is 9.96. The van der Waals surface area contributed by atoms with Crippen molar-refractivity contribution in [1.29, 1.82) is 0 Å². The number of carbonyl (C=O) groups is 1. The van der Waals surface area contributed by atoms with Gasteiger partial charge in [-0.05, 0) is 63.9 Å². The van der Waals surface area contributed by atoms with Crippen molar-refractivity contribution >= 4 is 11.7 Å². The average molecular weight is 409 g/mol. The quantitative estimate of drug-likeness (QED) is 0.735. The number of piperidine rings is 1. The number of anilines is 1. The van der Waals surface area contributed by atoms with E-state index >= 15 is 0 Å². The van der Waals surface area contributed by atoms with E-state index in [1.165, 1.54) is 23.8 Å². The average Bonchev–Trinajstić information content (AvgIpc) is 2.97. The van der Waals surface area contributed by atoms with Gasteiger partial charge in [-0.15, -0.1) is 0 Å². The SMILES string of the molecule is Cc1cc(CN2CCC(CNC(=O)Nc3ccccc3C(F)(F)F)CC2)c(C)o1. The van der Waals surface area contributed by atoms with E-state index in [-0.39, 0.29) is 5.69 Å². The first-order valence-electron chi connectivity index (χ1n) is 9.71. The van der Waals surface area contributed by atoms with Gasteiger partial charge in [0, 0.05) is 18.7 Å². The molecular weight excluding hydrogens is 383 g/mol. The van der Waals surface area contributed by atoms with Gasteiger partial charge in [0.05, 0.1) is 11.3 Å². The molecule has 0 aliphatic carbocycles. The Hall–Kier alpha value is -2.48. The first-order chi connectivity index (χ1) is 13.7. The molecule has 0 spiro atoms. The molecule has 0 atom stereocenters. The molecule has 1 fully saturated rings. The summed E-state index contributed by atoms with van der Waals surface area (Å²) < 4.78 is 44.6. The number of urea groups is 1. The van der Waals surface area contributed by atoms with Crippen LogP contribution in [0.15, 0.2) is 34.7 Å². The van der Waals surface area contributed by atoms with Crippen molar-refractivity contribution in [2.24, 2.45) is 5.92 Å². The van der Waals surface area contributed by atoms with Crippen LogP contribution in [-0.2, 0) is 12.7 Å². The molecular formula is C21H26F3N3O2. The van der Waals surface area contributed by atoms with Crippen molar-refractivity contribution in [1.82, 2.24) is 10.2 Å². The van der Waals surface area contributed by atoms with E-state index in [0.29, 0.717) is 12.5 Å². The molecule has 2 amide bonds. The molecule has 0 bridgehead atoms. The Balaban J connectivity index is 1.44. The third-order valence-electron chi connectivity index (χ3n) is 5.28. The van der Waals surface area contributed by atoms with Crippen molar-refractivity contribution in [2.45, 2.75) is 39.4 Å². The number of hydrogen-bond donors (Lipinski definition) is 2. The van der Waals surface area contributed by atoms with Gasteiger partial charge in [0.25, 0.3) is 0 Å². The fraction of sp³-hybridized carbons (Fsp3) is 0.476. The third kappa shape index (κ3) is 5.76. The second-order valence-electron chi connectivity index (χ2n) is 7.54. The van der Waals surface area contributed by atoms with Crippen LogP contribution in [0.3, 0.4) is 0 Å². The number of alkyl halides is 3. The summed E-state index contributed by atoms with van der Waals surface area (Å²) in [5, 5.41) is 5.02. The maximum atomic E-state index is 13.0. The van der Waals surface area contributed by atoms with E-state index in [4.69, 9.17) is 4.42 Å². The fourth-order valence-electron chi connectivity index (χ4n) is 3.67. The number of aryl methyl sites for hydroxylation is 2. The minimum Gasteiger partial charge on any atom is -0.466 e. The summed E-state index contributed by atoms with van der Waals surface area (Å²) >= 11 is 0. The Bertz CT molecular complexity index is 840. The van der Waals surface area contributed by atoms with E-state index in [0.717, 1.165) is 50.1 Å². The smallest absolute Gasteiger partial charge is 0.418 e. The van der Waals surface area contributed by atoms with Gasteiger partial charge in [-0.1, -0.05) is 12.1 Å². The molecule has 0 saturated carbocycles. The van der Waals surface area contributed by atoms with Gasteiger partial charge in [0.15, 0.2) is 0 Å². The van der Waals surface area contributed by atoms with Gasteiger partial charge < -0.3 is 15.1 Å². The Labute approximate surface area is 168 Å². The van der Waals surface area contributed by atoms with Crippen LogP contribution in [0.2, 0.25) is 0 Å². The first kappa shape index (κ1) is 21.2. The Kier molecular flexibility index (Phi) is 6.52. The Morgan fingerprint density at radius 3 is 2.52 bits per heavy atom. The molecule has 1 aliphatic heterocycles. The van der Waals surface area contributed by atoms with Gasteiger partial charge in [-0.3, -0.25) is 4.90 Å². The maximum absolute atomic E-state index is 13.0. The monoisotopic (exact) mass is 409 g/mol. The van der Waals surface area contributed by atoms with Crippen molar-refractivity contribution in [2.75, 3.05) is 25.0 Å². The van der Waals surface area contributed by atoms with Gasteiger partial charge in [-0.2, -0.15) is 13.2 Å². The van der Waals surface area contributed by atoms with Crippen molar-refractivity contribution in [3.8, 4) is 0 Å². The van der Waals surface area contributed by atoms with E-state index in [2.05, 4.69) is 21.6 Å². The molecule has 158 valence electrons. The number of likely N-dealkylation sites (tertiary alicyclic amines) is 1. The lowest BCUT2D eigenvalue weighted by Crippen LogP contribution is -2.39. The number of benzene rings is 1. The number of halogens is 3. The molecule has 2 N–H and O–H groups in total. The predicted octanol–water partition coefficient (Wildman–Crippen LogP) is 4.95. The number of hydrogen-bond acceptors (Lipinski definition) is 3. The topological polar surface area (TPSA) is 57.5 Å². The molecule has 0 unspecified atom stereocenters. The van der Waals surface area contributed by atoms with Crippen LogP contribution in [0.1, 0.15) is 35.5 Å². The lowest BCUT2D eigenvalue weighted by Gasteiger charge is -2.31. The van der Waals surface area contributed by atoms with Crippen molar-refractivity contribution < 1.29 is 22.4 Å². The van der Waals surface area contributed by atoms with Crippen molar-refractivity contribution in [3.63, 3.8) is 0 Å². The first-order valence-corrected chi connectivity index (χ1v) is 9.71. The maximum Gasteiger partial charge on any atom is 0.418 e. The van der Waals surface area contributed by atoms with Gasteiger partial charge >= 0.3 is 12.2 Å². The van der Waals surface area contributed by atoms with Gasteiger partial charge in [-0.25, -0.2) is 4.79 Å². The summed E-state index contributed by atoms with van der Waals surface area (Å²) in [4.78, 5) is 14.4. The molecule has 8 heteroatoms. The van der Waals surface area contributed by atoms with E-state index < -0.39 is 17.8 Å². The molecule has 3 rings (SSSR count). The van der Waals surface area contributed by atoms with Gasteiger partial charge in [0.2, 0.25) is 0 Å². The summed E-state index contributed by atoms with van der Waals surface area (Å²) in [6, 6.07) is 6.41. The predicted molar refractivity (Wildman–Crippen MR) is 105 cm³/mol. The number of nitrogens with zero attached hydrogens (tertiary/aromatic N) is 1. The molecule has 29 heavy (non-hydrogen) atoms. The number of carbonyl (C=O) groups excluding carboxylic acids is 1. The zero-order valence-electron chi connectivity index (χ0n) is 16.6. The standard InChI is InChI=1S/C21H26F3N3O2/c1-14-11-17(15(2)29-14)13-27-9-7-16(8-10-27)12-25-20(28)26-19-6-4-3-5-18(19)21(22,23)24/h3-6,11,16H,7-10,12-13H2,1-2H3,(H2,25,26,28). The lowest BCUT2D eigenvalue weighted by molar-refractivity contribution is -0.136. The second kappa shape index (κ2) is 8.90. The highest BCUT2D eigenvalue weighted by Gasteiger charge is 2.33. The highest BCUT2D eigenvalue weighted by molar-refractivity contribution is 5.90. The van der Waals surface area contributed by atoms with Gasteiger partial charge in [0.1, 0.15) is 11.5 Å². The highest BCUT2D eigenvalue weighted by Crippen LogP contribution is 2.34. The molecule has 2 aromatic rings. The summed E-state index contributed by atoms with van der Waals surface area (Å²) in [6.07, 6.45) is -2.66. The summed E-state index contributed by atoms with van der Waals surface area (Å²) in [7, 11) is 0. The second-order valence-corrected chi connectivity index (χ2v) is 7.54. The highest BCUT2D eigenvalue weighted by atomic mass is 19.4.